The molecule has 0 aromatic carbocycles. The van der Waals surface area contributed by atoms with Crippen LogP contribution in [0.2, 0.25) is 0 Å². The van der Waals surface area contributed by atoms with E-state index in [9.17, 15) is 18.3 Å². The summed E-state index contributed by atoms with van der Waals surface area (Å²) in [5.74, 6) is 0.898. The molecule has 7 heteroatoms. The van der Waals surface area contributed by atoms with Crippen molar-refractivity contribution in [1.82, 2.24) is 10.3 Å². The van der Waals surface area contributed by atoms with Crippen LogP contribution in [0.4, 0.5) is 13.2 Å². The summed E-state index contributed by atoms with van der Waals surface area (Å²) in [5.41, 5.74) is -0.763. The molecule has 1 atom stereocenters. The van der Waals surface area contributed by atoms with E-state index < -0.39 is 17.8 Å². The summed E-state index contributed by atoms with van der Waals surface area (Å²) in [6.45, 7) is 5.42. The summed E-state index contributed by atoms with van der Waals surface area (Å²) < 4.78 is 37.0. The lowest BCUT2D eigenvalue weighted by Crippen LogP contribution is -2.31. The largest absolute Gasteiger partial charge is 0.417 e. The van der Waals surface area contributed by atoms with Crippen molar-refractivity contribution in [3.63, 3.8) is 0 Å². The average Bonchev–Trinajstić information content (AvgIpc) is 2.35. The molecule has 0 fully saturated rings. The zero-order valence-electron chi connectivity index (χ0n) is 11.4. The van der Waals surface area contributed by atoms with Crippen LogP contribution in [0.5, 0.6) is 0 Å². The van der Waals surface area contributed by atoms with Crippen molar-refractivity contribution < 1.29 is 18.3 Å². The second-order valence-electron chi connectivity index (χ2n) is 4.90. The molecule has 0 aliphatic carbocycles. The van der Waals surface area contributed by atoms with Gasteiger partial charge in [0.1, 0.15) is 0 Å². The lowest BCUT2D eigenvalue weighted by molar-refractivity contribution is -0.137. The SMILES string of the molecule is CC(C)CNCC(O)CSc1ccc(C(F)(F)F)cn1. The van der Waals surface area contributed by atoms with Crippen molar-refractivity contribution in [3.05, 3.63) is 23.9 Å². The summed E-state index contributed by atoms with van der Waals surface area (Å²) in [4.78, 5) is 3.74. The molecular formula is C13H19F3N2OS. The number of thioether (sulfide) groups is 1. The molecule has 0 spiro atoms. The van der Waals surface area contributed by atoms with Crippen LogP contribution >= 0.6 is 11.8 Å². The smallest absolute Gasteiger partial charge is 0.391 e. The zero-order chi connectivity index (χ0) is 15.2. The van der Waals surface area contributed by atoms with E-state index >= 15 is 0 Å². The summed E-state index contributed by atoms with van der Waals surface area (Å²) in [7, 11) is 0. The molecule has 1 rings (SSSR count). The second kappa shape index (κ2) is 7.85. The number of aliphatic hydroxyl groups excluding tert-OH is 1. The van der Waals surface area contributed by atoms with E-state index in [-0.39, 0.29) is 0 Å². The first kappa shape index (κ1) is 17.3. The second-order valence-corrected chi connectivity index (χ2v) is 5.94. The zero-order valence-corrected chi connectivity index (χ0v) is 12.3. The van der Waals surface area contributed by atoms with E-state index in [1.54, 1.807) is 0 Å². The average molecular weight is 308 g/mol. The first-order valence-electron chi connectivity index (χ1n) is 6.34. The minimum atomic E-state index is -4.36. The Kier molecular flexibility index (Phi) is 6.78. The molecule has 0 bridgehead atoms. The number of nitrogens with one attached hydrogen (secondary N) is 1. The van der Waals surface area contributed by atoms with Crippen LogP contribution in [0, 0.1) is 5.92 Å². The fourth-order valence-corrected chi connectivity index (χ4v) is 2.18. The minimum Gasteiger partial charge on any atom is -0.391 e. The van der Waals surface area contributed by atoms with Gasteiger partial charge in [0.2, 0.25) is 0 Å². The van der Waals surface area contributed by atoms with Crippen LogP contribution in [0.1, 0.15) is 19.4 Å². The number of nitrogens with zero attached hydrogens (tertiary/aromatic N) is 1. The van der Waals surface area contributed by atoms with Crippen LogP contribution in [-0.4, -0.2) is 35.0 Å². The number of pyridine rings is 1. The molecule has 20 heavy (non-hydrogen) atoms. The van der Waals surface area contributed by atoms with Crippen molar-refractivity contribution in [2.24, 2.45) is 5.92 Å². The number of halogens is 3. The number of hydrogen-bond acceptors (Lipinski definition) is 4. The third kappa shape index (κ3) is 6.58. The molecule has 0 radical (unpaired) electrons. The van der Waals surface area contributed by atoms with Gasteiger partial charge in [-0.25, -0.2) is 4.98 Å². The van der Waals surface area contributed by atoms with Gasteiger partial charge < -0.3 is 10.4 Å². The molecule has 0 amide bonds. The number of rotatable bonds is 7. The van der Waals surface area contributed by atoms with Crippen LogP contribution in [-0.2, 0) is 6.18 Å². The number of aromatic nitrogens is 1. The Morgan fingerprint density at radius 3 is 2.50 bits per heavy atom. The monoisotopic (exact) mass is 308 g/mol. The molecular weight excluding hydrogens is 289 g/mol. The molecule has 0 saturated heterocycles. The van der Waals surface area contributed by atoms with Crippen molar-refractivity contribution in [3.8, 4) is 0 Å². The van der Waals surface area contributed by atoms with Gasteiger partial charge in [-0.2, -0.15) is 13.2 Å². The maximum absolute atomic E-state index is 12.3. The summed E-state index contributed by atoms with van der Waals surface area (Å²) in [5, 5.41) is 13.3. The van der Waals surface area contributed by atoms with Crippen molar-refractivity contribution in [1.29, 1.82) is 0 Å². The predicted molar refractivity (Wildman–Crippen MR) is 73.7 cm³/mol. The van der Waals surface area contributed by atoms with Gasteiger partial charge in [-0.15, -0.1) is 11.8 Å². The number of hydrogen-bond donors (Lipinski definition) is 2. The molecule has 3 nitrogen and oxygen atoms in total. The molecule has 0 aliphatic heterocycles. The van der Waals surface area contributed by atoms with Gasteiger partial charge in [-0.1, -0.05) is 13.8 Å². The Morgan fingerprint density at radius 2 is 2.00 bits per heavy atom. The molecule has 1 unspecified atom stereocenters. The highest BCUT2D eigenvalue weighted by Crippen LogP contribution is 2.29. The highest BCUT2D eigenvalue weighted by atomic mass is 32.2. The molecule has 0 aliphatic rings. The fraction of sp³-hybridized carbons (Fsp3) is 0.615. The Balaban J connectivity index is 2.34. The van der Waals surface area contributed by atoms with Crippen LogP contribution in [0.25, 0.3) is 0 Å². The maximum Gasteiger partial charge on any atom is 0.417 e. The summed E-state index contributed by atoms with van der Waals surface area (Å²) >= 11 is 1.24. The molecule has 1 heterocycles. The predicted octanol–water partition coefficient (Wildman–Crippen LogP) is 2.80. The first-order valence-corrected chi connectivity index (χ1v) is 7.32. The van der Waals surface area contributed by atoms with E-state index in [4.69, 9.17) is 0 Å². The quantitative estimate of drug-likeness (QED) is 0.760. The Labute approximate surface area is 121 Å². The summed E-state index contributed by atoms with van der Waals surface area (Å²) in [6.07, 6.45) is -4.11. The number of aliphatic hydroxyl groups is 1. The van der Waals surface area contributed by atoms with E-state index in [2.05, 4.69) is 24.1 Å². The highest BCUT2D eigenvalue weighted by Gasteiger charge is 2.30. The van der Waals surface area contributed by atoms with Crippen molar-refractivity contribution in [2.45, 2.75) is 31.2 Å². The minimum absolute atomic E-state index is 0.392. The molecule has 0 saturated carbocycles. The Hall–Kier alpha value is -0.790. The van der Waals surface area contributed by atoms with Crippen molar-refractivity contribution >= 4 is 11.8 Å². The van der Waals surface area contributed by atoms with Gasteiger partial charge in [-0.05, 0) is 24.6 Å². The summed E-state index contributed by atoms with van der Waals surface area (Å²) in [6, 6.07) is 2.32. The third-order valence-corrected chi connectivity index (χ3v) is 3.51. The van der Waals surface area contributed by atoms with E-state index in [1.807, 2.05) is 0 Å². The first-order chi connectivity index (χ1) is 9.29. The van der Waals surface area contributed by atoms with E-state index in [1.165, 1.54) is 17.8 Å². The molecule has 2 N–H and O–H groups in total. The lowest BCUT2D eigenvalue weighted by atomic mass is 10.2. The van der Waals surface area contributed by atoms with Crippen molar-refractivity contribution in [2.75, 3.05) is 18.8 Å². The van der Waals surface area contributed by atoms with Gasteiger partial charge in [0.05, 0.1) is 16.7 Å². The fourth-order valence-electron chi connectivity index (χ4n) is 1.41. The van der Waals surface area contributed by atoms with Crippen LogP contribution in [0.3, 0.4) is 0 Å². The van der Waals surface area contributed by atoms with Crippen LogP contribution in [0.15, 0.2) is 23.4 Å². The van der Waals surface area contributed by atoms with E-state index in [0.29, 0.717) is 23.2 Å². The van der Waals surface area contributed by atoms with Gasteiger partial charge in [0, 0.05) is 18.5 Å². The normalized spacial score (nSPS) is 13.8. The Bertz CT molecular complexity index is 396. The van der Waals surface area contributed by atoms with Gasteiger partial charge in [0.25, 0.3) is 0 Å². The van der Waals surface area contributed by atoms with Crippen LogP contribution < -0.4 is 5.32 Å². The Morgan fingerprint density at radius 1 is 1.30 bits per heavy atom. The third-order valence-electron chi connectivity index (χ3n) is 2.42. The standard InChI is InChI=1S/C13H19F3N2OS/c1-9(2)5-17-7-11(19)8-20-12-4-3-10(6-18-12)13(14,15)16/h3-4,6,9,11,17,19H,5,7-8H2,1-2H3. The number of alkyl halides is 3. The molecule has 114 valence electrons. The maximum atomic E-state index is 12.3. The molecule has 1 aromatic heterocycles. The van der Waals surface area contributed by atoms with E-state index in [0.717, 1.165) is 18.8 Å². The van der Waals surface area contributed by atoms with Gasteiger partial charge in [0.15, 0.2) is 0 Å². The molecule has 1 aromatic rings. The highest BCUT2D eigenvalue weighted by molar-refractivity contribution is 7.99. The van der Waals surface area contributed by atoms with Gasteiger partial charge >= 0.3 is 6.18 Å². The topological polar surface area (TPSA) is 45.1 Å². The lowest BCUT2D eigenvalue weighted by Gasteiger charge is -2.13. The van der Waals surface area contributed by atoms with Gasteiger partial charge in [-0.3, -0.25) is 0 Å².